The number of ether oxygens (including phenoxy) is 2. The normalized spacial score (nSPS) is 17.8. The van der Waals surface area contributed by atoms with Crippen molar-refractivity contribution >= 4 is 17.4 Å². The number of likely N-dealkylation sites (tertiary alicyclic amines) is 1. The standard InChI is InChI=1S/C30H39NO5/c1-19(2)18-36-24-14-11-22(17-20(24)3)27(32)25-26(21-9-12-23(13-10-21)30(4,5)6)31(15-8-16-35-7)29(34)28(25)33/h9-14,17,19,26,32H,8,15-16,18H2,1-7H3/b27-25+/t26-/m0/s1. The molecule has 1 N–H and O–H groups in total. The minimum Gasteiger partial charge on any atom is -0.507 e. The van der Waals surface area contributed by atoms with E-state index >= 15 is 0 Å². The summed E-state index contributed by atoms with van der Waals surface area (Å²) in [6.07, 6.45) is 0.584. The van der Waals surface area contributed by atoms with Gasteiger partial charge >= 0.3 is 0 Å². The summed E-state index contributed by atoms with van der Waals surface area (Å²) >= 11 is 0. The van der Waals surface area contributed by atoms with E-state index in [4.69, 9.17) is 9.47 Å². The molecular weight excluding hydrogens is 454 g/mol. The van der Waals surface area contributed by atoms with E-state index in [9.17, 15) is 14.7 Å². The number of benzene rings is 2. The van der Waals surface area contributed by atoms with Gasteiger partial charge in [-0.25, -0.2) is 0 Å². The van der Waals surface area contributed by atoms with Gasteiger partial charge in [-0.3, -0.25) is 9.59 Å². The first-order valence-corrected chi connectivity index (χ1v) is 12.6. The molecule has 0 saturated carbocycles. The summed E-state index contributed by atoms with van der Waals surface area (Å²) in [7, 11) is 1.60. The van der Waals surface area contributed by atoms with Gasteiger partial charge < -0.3 is 19.5 Å². The minimum absolute atomic E-state index is 0.0320. The Kier molecular flexibility index (Phi) is 8.62. The lowest BCUT2D eigenvalue weighted by Gasteiger charge is -2.26. The SMILES string of the molecule is COCCCN1C(=O)C(=O)/C(=C(/O)c2ccc(OCC(C)C)c(C)c2)[C@@H]1c1ccc(C(C)(C)C)cc1. The van der Waals surface area contributed by atoms with Crippen LogP contribution in [0.1, 0.15) is 69.3 Å². The van der Waals surface area contributed by atoms with Crippen LogP contribution in [0.2, 0.25) is 0 Å². The third kappa shape index (κ3) is 5.98. The maximum atomic E-state index is 13.2. The molecule has 1 atom stereocenters. The molecule has 0 aromatic heterocycles. The van der Waals surface area contributed by atoms with Gasteiger partial charge in [0.05, 0.1) is 18.2 Å². The van der Waals surface area contributed by atoms with Crippen LogP contribution in [0.5, 0.6) is 5.75 Å². The molecule has 0 radical (unpaired) electrons. The lowest BCUT2D eigenvalue weighted by Crippen LogP contribution is -2.31. The highest BCUT2D eigenvalue weighted by Crippen LogP contribution is 2.40. The molecule has 1 heterocycles. The zero-order valence-electron chi connectivity index (χ0n) is 22.6. The highest BCUT2D eigenvalue weighted by atomic mass is 16.5. The third-order valence-electron chi connectivity index (χ3n) is 6.40. The molecule has 0 unspecified atom stereocenters. The van der Waals surface area contributed by atoms with Crippen molar-refractivity contribution in [1.29, 1.82) is 0 Å². The van der Waals surface area contributed by atoms with Gasteiger partial charge in [0, 0.05) is 25.8 Å². The van der Waals surface area contributed by atoms with Gasteiger partial charge in [-0.2, -0.15) is 0 Å². The molecule has 6 heteroatoms. The van der Waals surface area contributed by atoms with Gasteiger partial charge in [-0.05, 0) is 59.6 Å². The largest absolute Gasteiger partial charge is 0.507 e. The van der Waals surface area contributed by atoms with E-state index in [1.807, 2.05) is 31.2 Å². The van der Waals surface area contributed by atoms with Crippen LogP contribution in [0.25, 0.3) is 5.76 Å². The van der Waals surface area contributed by atoms with Gasteiger partial charge in [0.2, 0.25) is 0 Å². The van der Waals surface area contributed by atoms with E-state index in [2.05, 4.69) is 34.6 Å². The number of carbonyl (C=O) groups is 2. The van der Waals surface area contributed by atoms with Crippen LogP contribution in [0, 0.1) is 12.8 Å². The molecule has 1 amide bonds. The average molecular weight is 494 g/mol. The lowest BCUT2D eigenvalue weighted by atomic mass is 9.85. The fraction of sp³-hybridized carbons (Fsp3) is 0.467. The van der Waals surface area contributed by atoms with Crippen LogP contribution in [0.15, 0.2) is 48.0 Å². The number of amides is 1. The Morgan fingerprint density at radius 1 is 1.08 bits per heavy atom. The van der Waals surface area contributed by atoms with Crippen molar-refractivity contribution in [2.75, 3.05) is 26.9 Å². The quantitative estimate of drug-likeness (QED) is 0.207. The predicted octanol–water partition coefficient (Wildman–Crippen LogP) is 5.79. The lowest BCUT2D eigenvalue weighted by molar-refractivity contribution is -0.140. The van der Waals surface area contributed by atoms with E-state index in [1.54, 1.807) is 30.2 Å². The summed E-state index contributed by atoms with van der Waals surface area (Å²) in [5.74, 6) is -0.337. The Morgan fingerprint density at radius 3 is 2.31 bits per heavy atom. The molecule has 0 spiro atoms. The summed E-state index contributed by atoms with van der Waals surface area (Å²) in [4.78, 5) is 27.9. The summed E-state index contributed by atoms with van der Waals surface area (Å²) in [5, 5.41) is 11.4. The third-order valence-corrected chi connectivity index (χ3v) is 6.40. The number of aliphatic hydroxyl groups excluding tert-OH is 1. The molecule has 0 bridgehead atoms. The average Bonchev–Trinajstić information content (AvgIpc) is 3.07. The second-order valence-electron chi connectivity index (χ2n) is 10.9. The Balaban J connectivity index is 2.07. The van der Waals surface area contributed by atoms with Crippen molar-refractivity contribution in [2.45, 2.75) is 59.4 Å². The molecule has 6 nitrogen and oxygen atoms in total. The van der Waals surface area contributed by atoms with E-state index in [0.29, 0.717) is 37.7 Å². The number of hydrogen-bond acceptors (Lipinski definition) is 5. The Morgan fingerprint density at radius 2 is 1.75 bits per heavy atom. The molecule has 0 aliphatic carbocycles. The van der Waals surface area contributed by atoms with Gasteiger partial charge in [0.1, 0.15) is 11.5 Å². The molecule has 3 rings (SSSR count). The Bertz CT molecular complexity index is 1130. The van der Waals surface area contributed by atoms with E-state index in [0.717, 1.165) is 22.4 Å². The molecule has 194 valence electrons. The fourth-order valence-electron chi connectivity index (χ4n) is 4.37. The molecule has 2 aromatic carbocycles. The Hall–Kier alpha value is -3.12. The first-order chi connectivity index (χ1) is 17.0. The number of ketones is 1. The van der Waals surface area contributed by atoms with Crippen LogP contribution >= 0.6 is 0 Å². The van der Waals surface area contributed by atoms with Crippen molar-refractivity contribution in [3.63, 3.8) is 0 Å². The van der Waals surface area contributed by atoms with E-state index < -0.39 is 17.7 Å². The second-order valence-corrected chi connectivity index (χ2v) is 10.9. The molecule has 1 aliphatic rings. The van der Waals surface area contributed by atoms with Gasteiger partial charge in [-0.1, -0.05) is 58.9 Å². The van der Waals surface area contributed by atoms with Crippen molar-refractivity contribution in [1.82, 2.24) is 4.90 Å². The highest BCUT2D eigenvalue weighted by Gasteiger charge is 2.45. The summed E-state index contributed by atoms with van der Waals surface area (Å²) < 4.78 is 11.0. The number of nitrogens with zero attached hydrogens (tertiary/aromatic N) is 1. The summed E-state index contributed by atoms with van der Waals surface area (Å²) in [6, 6.07) is 12.6. The van der Waals surface area contributed by atoms with Crippen molar-refractivity contribution in [2.24, 2.45) is 5.92 Å². The number of aryl methyl sites for hydroxylation is 1. The second kappa shape index (κ2) is 11.3. The number of methoxy groups -OCH3 is 1. The van der Waals surface area contributed by atoms with Crippen LogP contribution < -0.4 is 4.74 Å². The smallest absolute Gasteiger partial charge is 0.295 e. The van der Waals surface area contributed by atoms with Gasteiger partial charge in [0.25, 0.3) is 11.7 Å². The van der Waals surface area contributed by atoms with Crippen LogP contribution in [0.3, 0.4) is 0 Å². The zero-order chi connectivity index (χ0) is 26.6. The molecule has 1 saturated heterocycles. The predicted molar refractivity (Wildman–Crippen MR) is 142 cm³/mol. The fourth-order valence-corrected chi connectivity index (χ4v) is 4.37. The molecular formula is C30H39NO5. The maximum Gasteiger partial charge on any atom is 0.295 e. The van der Waals surface area contributed by atoms with Crippen molar-refractivity contribution in [3.8, 4) is 5.75 Å². The number of rotatable bonds is 9. The summed E-state index contributed by atoms with van der Waals surface area (Å²) in [6.45, 7) is 13.9. The minimum atomic E-state index is -0.674. The Labute approximate surface area is 214 Å². The number of aliphatic hydroxyl groups is 1. The monoisotopic (exact) mass is 493 g/mol. The van der Waals surface area contributed by atoms with Crippen molar-refractivity contribution in [3.05, 3.63) is 70.3 Å². The summed E-state index contributed by atoms with van der Waals surface area (Å²) in [5.41, 5.74) is 3.34. The van der Waals surface area contributed by atoms with E-state index in [1.165, 1.54) is 0 Å². The van der Waals surface area contributed by atoms with Crippen molar-refractivity contribution < 1.29 is 24.2 Å². The molecule has 36 heavy (non-hydrogen) atoms. The van der Waals surface area contributed by atoms with Gasteiger partial charge in [-0.15, -0.1) is 0 Å². The topological polar surface area (TPSA) is 76.1 Å². The molecule has 1 aliphatic heterocycles. The zero-order valence-corrected chi connectivity index (χ0v) is 22.6. The molecule has 2 aromatic rings. The number of carbonyl (C=O) groups excluding carboxylic acids is 2. The number of Topliss-reactive ketones (excluding diaryl/α,β-unsaturated/α-hetero) is 1. The van der Waals surface area contributed by atoms with Crippen LogP contribution in [-0.2, 0) is 19.7 Å². The molecule has 1 fully saturated rings. The number of hydrogen-bond donors (Lipinski definition) is 1. The van der Waals surface area contributed by atoms with E-state index in [-0.39, 0.29) is 16.7 Å². The van der Waals surface area contributed by atoms with Crippen LogP contribution in [0.4, 0.5) is 0 Å². The van der Waals surface area contributed by atoms with Crippen LogP contribution in [-0.4, -0.2) is 48.6 Å². The highest BCUT2D eigenvalue weighted by molar-refractivity contribution is 6.46. The maximum absolute atomic E-state index is 13.2. The first-order valence-electron chi connectivity index (χ1n) is 12.6. The first kappa shape index (κ1) is 27.5. The van der Waals surface area contributed by atoms with Gasteiger partial charge in [0.15, 0.2) is 0 Å².